The number of esters is 2. The minimum Gasteiger partial charge on any atom is -0.462 e. The largest absolute Gasteiger partial charge is 0.472 e. The number of ether oxygens (including phenoxy) is 2. The molecule has 0 aliphatic carbocycles. The Labute approximate surface area is 222 Å². The maximum Gasteiger partial charge on any atom is 0.472 e. The average Bonchev–Trinajstić information content (AvgIpc) is 2.87. The number of hydrogen-bond donors (Lipinski definition) is 2. The van der Waals surface area contributed by atoms with Crippen LogP contribution in [0.15, 0.2) is 0 Å². The molecule has 37 heavy (non-hydrogen) atoms. The van der Waals surface area contributed by atoms with Crippen LogP contribution in [-0.2, 0) is 37.5 Å². The standard InChI is InChI=1S/C26H50NO9P/c1-2-3-4-5-6-7-8-9-10-11-12-13-14-17-25(29)33-22-24(36-26(30)18-15-16-20-28)23-35-37(31,32)34-21-19-27/h20,24H,2-19,21-23,27H2,1H3,(H,31,32). The lowest BCUT2D eigenvalue weighted by molar-refractivity contribution is -0.161. The van der Waals surface area contributed by atoms with Crippen molar-refractivity contribution in [1.82, 2.24) is 0 Å². The molecule has 0 aliphatic heterocycles. The van der Waals surface area contributed by atoms with Crippen LogP contribution in [0.4, 0.5) is 0 Å². The van der Waals surface area contributed by atoms with E-state index in [1.54, 1.807) is 0 Å². The molecule has 0 radical (unpaired) electrons. The van der Waals surface area contributed by atoms with E-state index in [9.17, 15) is 23.8 Å². The molecular formula is C26H50NO9P. The van der Waals surface area contributed by atoms with Crippen LogP contribution in [0.2, 0.25) is 0 Å². The van der Waals surface area contributed by atoms with Gasteiger partial charge in [0, 0.05) is 25.8 Å². The topological polar surface area (TPSA) is 151 Å². The molecule has 3 N–H and O–H groups in total. The fraction of sp³-hybridized carbons (Fsp3) is 0.885. The van der Waals surface area contributed by atoms with Crippen molar-refractivity contribution in [2.24, 2.45) is 5.73 Å². The number of carbonyl (C=O) groups is 3. The second kappa shape index (κ2) is 25.0. The highest BCUT2D eigenvalue weighted by atomic mass is 31.2. The first-order chi connectivity index (χ1) is 17.8. The van der Waals surface area contributed by atoms with E-state index in [0.29, 0.717) is 19.1 Å². The zero-order valence-electron chi connectivity index (χ0n) is 22.7. The molecule has 0 aromatic rings. The number of unbranched alkanes of at least 4 members (excludes halogenated alkanes) is 13. The van der Waals surface area contributed by atoms with E-state index in [1.807, 2.05) is 0 Å². The number of nitrogens with two attached hydrogens (primary N) is 1. The lowest BCUT2D eigenvalue weighted by Gasteiger charge is -2.19. The van der Waals surface area contributed by atoms with Crippen molar-refractivity contribution in [3.63, 3.8) is 0 Å². The third kappa shape index (κ3) is 24.8. The zero-order valence-corrected chi connectivity index (χ0v) is 23.6. The quantitative estimate of drug-likeness (QED) is 0.0589. The molecule has 0 heterocycles. The molecule has 0 spiro atoms. The fourth-order valence-corrected chi connectivity index (χ4v) is 4.38. The average molecular weight is 552 g/mol. The van der Waals surface area contributed by atoms with Crippen molar-refractivity contribution >= 4 is 26.0 Å². The second-order valence-corrected chi connectivity index (χ2v) is 10.7. The summed E-state index contributed by atoms with van der Waals surface area (Å²) in [7, 11) is -4.38. The zero-order chi connectivity index (χ0) is 27.6. The number of aldehydes is 1. The van der Waals surface area contributed by atoms with Crippen LogP contribution >= 0.6 is 7.82 Å². The first-order valence-corrected chi connectivity index (χ1v) is 15.4. The van der Waals surface area contributed by atoms with Crippen molar-refractivity contribution < 1.29 is 42.4 Å². The van der Waals surface area contributed by atoms with Gasteiger partial charge in [0.25, 0.3) is 0 Å². The maximum absolute atomic E-state index is 12.1. The maximum atomic E-state index is 12.1. The molecule has 0 saturated carbocycles. The Morgan fingerprint density at radius 3 is 1.89 bits per heavy atom. The van der Waals surface area contributed by atoms with Gasteiger partial charge in [0.1, 0.15) is 12.9 Å². The summed E-state index contributed by atoms with van der Waals surface area (Å²) < 4.78 is 31.7. The van der Waals surface area contributed by atoms with E-state index < -0.39 is 32.5 Å². The third-order valence-electron chi connectivity index (χ3n) is 5.71. The lowest BCUT2D eigenvalue weighted by Crippen LogP contribution is -2.29. The number of hydrogen-bond acceptors (Lipinski definition) is 9. The van der Waals surface area contributed by atoms with Crippen molar-refractivity contribution in [2.45, 2.75) is 122 Å². The van der Waals surface area contributed by atoms with Crippen LogP contribution in [0.5, 0.6) is 0 Å². The van der Waals surface area contributed by atoms with Gasteiger partial charge in [-0.05, 0) is 12.8 Å². The molecule has 0 aromatic heterocycles. The highest BCUT2D eigenvalue weighted by molar-refractivity contribution is 7.47. The van der Waals surface area contributed by atoms with Crippen molar-refractivity contribution in [3.8, 4) is 0 Å². The van der Waals surface area contributed by atoms with Crippen LogP contribution in [0.25, 0.3) is 0 Å². The minimum atomic E-state index is -4.38. The molecular weight excluding hydrogens is 501 g/mol. The Hall–Kier alpha value is -1.32. The first kappa shape index (κ1) is 35.7. The highest BCUT2D eigenvalue weighted by Gasteiger charge is 2.25. The van der Waals surface area contributed by atoms with Crippen molar-refractivity contribution in [2.75, 3.05) is 26.4 Å². The Bertz CT molecular complexity index is 633. The Balaban J connectivity index is 4.12. The molecule has 0 aromatic carbocycles. The van der Waals surface area contributed by atoms with Crippen LogP contribution in [0.3, 0.4) is 0 Å². The highest BCUT2D eigenvalue weighted by Crippen LogP contribution is 2.43. The molecule has 2 atom stereocenters. The van der Waals surface area contributed by atoms with Gasteiger partial charge >= 0.3 is 19.8 Å². The third-order valence-corrected chi connectivity index (χ3v) is 6.70. The summed E-state index contributed by atoms with van der Waals surface area (Å²) in [5.74, 6) is -1.06. The molecule has 2 unspecified atom stereocenters. The van der Waals surface area contributed by atoms with E-state index in [4.69, 9.17) is 19.7 Å². The van der Waals surface area contributed by atoms with Gasteiger partial charge in [-0.25, -0.2) is 4.57 Å². The summed E-state index contributed by atoms with van der Waals surface area (Å²) in [5.41, 5.74) is 5.24. The van der Waals surface area contributed by atoms with Crippen LogP contribution < -0.4 is 5.73 Å². The molecule has 11 heteroatoms. The SMILES string of the molecule is CCCCCCCCCCCCCCCC(=O)OCC(COP(=O)(O)OCCN)OC(=O)CCCC=O. The molecule has 0 fully saturated rings. The lowest BCUT2D eigenvalue weighted by atomic mass is 10.0. The molecule has 0 aliphatic rings. The molecule has 10 nitrogen and oxygen atoms in total. The number of carbonyl (C=O) groups excluding carboxylic acids is 3. The van der Waals surface area contributed by atoms with Crippen LogP contribution in [0, 0.1) is 0 Å². The Morgan fingerprint density at radius 2 is 1.35 bits per heavy atom. The number of rotatable bonds is 27. The number of phosphoric acid groups is 1. The summed E-state index contributed by atoms with van der Waals surface area (Å²) in [4.78, 5) is 44.1. The second-order valence-electron chi connectivity index (χ2n) is 9.23. The normalized spacial score (nSPS) is 13.6. The van der Waals surface area contributed by atoms with E-state index >= 15 is 0 Å². The number of phosphoric ester groups is 1. The van der Waals surface area contributed by atoms with Gasteiger partial charge in [-0.2, -0.15) is 0 Å². The summed E-state index contributed by atoms with van der Waals surface area (Å²) in [6.07, 6.45) is 16.1. The minimum absolute atomic E-state index is 0.0113. The smallest absolute Gasteiger partial charge is 0.462 e. The summed E-state index contributed by atoms with van der Waals surface area (Å²) in [6, 6.07) is 0. The van der Waals surface area contributed by atoms with E-state index in [1.165, 1.54) is 57.8 Å². The predicted molar refractivity (Wildman–Crippen MR) is 142 cm³/mol. The molecule has 0 bridgehead atoms. The van der Waals surface area contributed by atoms with E-state index in [2.05, 4.69) is 11.4 Å². The van der Waals surface area contributed by atoms with Crippen LogP contribution in [0.1, 0.15) is 116 Å². The van der Waals surface area contributed by atoms with Gasteiger partial charge in [0.05, 0.1) is 13.2 Å². The van der Waals surface area contributed by atoms with Gasteiger partial charge in [0.2, 0.25) is 0 Å². The van der Waals surface area contributed by atoms with Gasteiger partial charge < -0.3 is 24.9 Å². The monoisotopic (exact) mass is 551 g/mol. The van der Waals surface area contributed by atoms with Gasteiger partial charge in [-0.1, -0.05) is 84.0 Å². The van der Waals surface area contributed by atoms with Crippen molar-refractivity contribution in [3.05, 3.63) is 0 Å². The van der Waals surface area contributed by atoms with E-state index in [-0.39, 0.29) is 39.0 Å². The van der Waals surface area contributed by atoms with Gasteiger partial charge in [-0.15, -0.1) is 0 Å². The predicted octanol–water partition coefficient (Wildman–Crippen LogP) is 5.38. The molecule has 218 valence electrons. The molecule has 0 amide bonds. The Kier molecular flexibility index (Phi) is 24.1. The molecule has 0 rings (SSSR count). The van der Waals surface area contributed by atoms with Gasteiger partial charge in [0.15, 0.2) is 6.10 Å². The fourth-order valence-electron chi connectivity index (χ4n) is 3.62. The van der Waals surface area contributed by atoms with Gasteiger partial charge in [-0.3, -0.25) is 18.6 Å². The first-order valence-electron chi connectivity index (χ1n) is 13.9. The summed E-state index contributed by atoms with van der Waals surface area (Å²) in [5, 5.41) is 0. The Morgan fingerprint density at radius 1 is 0.811 bits per heavy atom. The van der Waals surface area contributed by atoms with E-state index in [0.717, 1.165) is 19.3 Å². The summed E-state index contributed by atoms with van der Waals surface area (Å²) >= 11 is 0. The molecule has 0 saturated heterocycles. The van der Waals surface area contributed by atoms with Crippen molar-refractivity contribution in [1.29, 1.82) is 0 Å². The summed E-state index contributed by atoms with van der Waals surface area (Å²) in [6.45, 7) is 1.27. The van der Waals surface area contributed by atoms with Crippen LogP contribution in [-0.4, -0.2) is 55.6 Å².